The van der Waals surface area contributed by atoms with E-state index in [-0.39, 0.29) is 35.5 Å². The maximum atomic E-state index is 13.4. The molecule has 7 rings (SSSR count). The molecule has 48 heavy (non-hydrogen) atoms. The predicted molar refractivity (Wildman–Crippen MR) is 182 cm³/mol. The summed E-state index contributed by atoms with van der Waals surface area (Å²) in [6.07, 6.45) is 3.35. The number of carbonyl (C=O) groups is 5. The summed E-state index contributed by atoms with van der Waals surface area (Å²) in [5, 5.41) is 5.94. The normalized spacial score (nSPS) is 24.8. The highest BCUT2D eigenvalue weighted by Gasteiger charge is 2.53. The molecule has 2 aromatic rings. The van der Waals surface area contributed by atoms with Gasteiger partial charge in [-0.3, -0.25) is 39.1 Å². The van der Waals surface area contributed by atoms with E-state index >= 15 is 0 Å². The van der Waals surface area contributed by atoms with E-state index in [0.29, 0.717) is 36.3 Å². The first-order chi connectivity index (χ1) is 22.8. The molecule has 5 amide bonds. The Hall–Kier alpha value is -4.25. The molecule has 4 fully saturated rings. The zero-order valence-electron chi connectivity index (χ0n) is 28.4. The molecule has 0 bridgehead atoms. The number of amides is 5. The van der Waals surface area contributed by atoms with Crippen molar-refractivity contribution in [2.24, 2.45) is 10.8 Å². The fourth-order valence-electron chi connectivity index (χ4n) is 9.19. The second-order valence-corrected chi connectivity index (χ2v) is 15.5. The van der Waals surface area contributed by atoms with Crippen molar-refractivity contribution in [3.05, 3.63) is 59.2 Å². The molecule has 254 valence electrons. The number of piperazine rings is 1. The average Bonchev–Trinajstić information content (AvgIpc) is 3.31. The number of rotatable bonds is 6. The highest BCUT2D eigenvalue weighted by atomic mass is 16.2. The van der Waals surface area contributed by atoms with E-state index in [2.05, 4.69) is 48.1 Å². The molecular formula is C37H46N6O5. The van der Waals surface area contributed by atoms with Crippen LogP contribution in [0.1, 0.15) is 90.9 Å². The van der Waals surface area contributed by atoms with E-state index in [1.807, 2.05) is 35.2 Å². The number of piperidine rings is 2. The first-order valence-electron chi connectivity index (χ1n) is 17.3. The van der Waals surface area contributed by atoms with Crippen molar-refractivity contribution in [3.63, 3.8) is 0 Å². The van der Waals surface area contributed by atoms with Gasteiger partial charge >= 0.3 is 0 Å². The SMILES string of the molecule is CC1(C)CC(C)(C)C1Nc1ccc(C(=O)N2CCN(C3CCN(c4ccc5c(c4)C(=O)N(C4CCC(=O)NC4=O)C5=O)CC3)CC2)cc1. The fraction of sp³-hybridized carbons (Fsp3) is 0.541. The smallest absolute Gasteiger partial charge is 0.262 e. The van der Waals surface area contributed by atoms with Crippen LogP contribution < -0.4 is 15.5 Å². The van der Waals surface area contributed by atoms with Gasteiger partial charge in [0.2, 0.25) is 11.8 Å². The highest BCUT2D eigenvalue weighted by molar-refractivity contribution is 6.23. The summed E-state index contributed by atoms with van der Waals surface area (Å²) in [6.45, 7) is 13.9. The first-order valence-corrected chi connectivity index (χ1v) is 17.3. The third kappa shape index (κ3) is 5.76. The summed E-state index contributed by atoms with van der Waals surface area (Å²) in [5.41, 5.74) is 3.78. The van der Waals surface area contributed by atoms with Crippen LogP contribution in [0.3, 0.4) is 0 Å². The van der Waals surface area contributed by atoms with Gasteiger partial charge in [-0.25, -0.2) is 0 Å². The van der Waals surface area contributed by atoms with Crippen LogP contribution in [0, 0.1) is 10.8 Å². The number of anilines is 2. The number of imide groups is 2. The maximum absolute atomic E-state index is 13.4. The van der Waals surface area contributed by atoms with Crippen LogP contribution in [0.15, 0.2) is 42.5 Å². The average molecular weight is 655 g/mol. The van der Waals surface area contributed by atoms with Crippen molar-refractivity contribution in [1.29, 1.82) is 0 Å². The van der Waals surface area contributed by atoms with Gasteiger partial charge in [0.25, 0.3) is 17.7 Å². The van der Waals surface area contributed by atoms with Gasteiger partial charge in [-0.05, 0) is 79.0 Å². The van der Waals surface area contributed by atoms with Crippen LogP contribution in [0.2, 0.25) is 0 Å². The third-order valence-corrected chi connectivity index (χ3v) is 11.3. The Morgan fingerprint density at radius 1 is 0.792 bits per heavy atom. The van der Waals surface area contributed by atoms with E-state index < -0.39 is 23.8 Å². The summed E-state index contributed by atoms with van der Waals surface area (Å²) in [5.74, 6) is -1.88. The minimum Gasteiger partial charge on any atom is -0.381 e. The largest absolute Gasteiger partial charge is 0.381 e. The topological polar surface area (TPSA) is 122 Å². The first kappa shape index (κ1) is 32.3. The van der Waals surface area contributed by atoms with Crippen molar-refractivity contribution in [1.82, 2.24) is 20.0 Å². The minimum atomic E-state index is -0.967. The lowest BCUT2D eigenvalue weighted by molar-refractivity contribution is -0.136. The summed E-state index contributed by atoms with van der Waals surface area (Å²) >= 11 is 0. The maximum Gasteiger partial charge on any atom is 0.262 e. The molecule has 3 saturated heterocycles. The molecular weight excluding hydrogens is 608 g/mol. The zero-order chi connectivity index (χ0) is 34.0. The van der Waals surface area contributed by atoms with Crippen molar-refractivity contribution in [3.8, 4) is 0 Å². The number of carbonyl (C=O) groups excluding carboxylic acids is 5. The molecule has 11 heteroatoms. The monoisotopic (exact) mass is 654 g/mol. The molecule has 4 aliphatic heterocycles. The van der Waals surface area contributed by atoms with E-state index in [1.165, 1.54) is 6.42 Å². The number of hydrogen-bond acceptors (Lipinski definition) is 8. The lowest BCUT2D eigenvalue weighted by atomic mass is 9.52. The Labute approximate surface area is 282 Å². The number of benzene rings is 2. The molecule has 2 aromatic carbocycles. The van der Waals surface area contributed by atoms with Crippen LogP contribution >= 0.6 is 0 Å². The molecule has 1 unspecified atom stereocenters. The Kier molecular flexibility index (Phi) is 8.09. The van der Waals surface area contributed by atoms with E-state index in [4.69, 9.17) is 0 Å². The Bertz CT molecular complexity index is 1640. The lowest BCUT2D eigenvalue weighted by Gasteiger charge is -2.58. The molecule has 0 spiro atoms. The van der Waals surface area contributed by atoms with Crippen molar-refractivity contribution < 1.29 is 24.0 Å². The Morgan fingerprint density at radius 2 is 1.44 bits per heavy atom. The summed E-state index contributed by atoms with van der Waals surface area (Å²) < 4.78 is 0. The van der Waals surface area contributed by atoms with Gasteiger partial charge in [-0.1, -0.05) is 27.7 Å². The highest BCUT2D eigenvalue weighted by Crippen LogP contribution is 2.54. The quantitative estimate of drug-likeness (QED) is 0.452. The number of nitrogens with one attached hydrogen (secondary N) is 2. The number of hydrogen-bond donors (Lipinski definition) is 2. The molecule has 2 N–H and O–H groups in total. The summed E-state index contributed by atoms with van der Waals surface area (Å²) in [6, 6.07) is 13.1. The van der Waals surface area contributed by atoms with Crippen LogP contribution in [0.25, 0.3) is 0 Å². The van der Waals surface area contributed by atoms with Gasteiger partial charge in [0.15, 0.2) is 0 Å². The Morgan fingerprint density at radius 3 is 2.06 bits per heavy atom. The number of nitrogens with zero attached hydrogens (tertiary/aromatic N) is 4. The van der Waals surface area contributed by atoms with Crippen LogP contribution in [0.4, 0.5) is 11.4 Å². The van der Waals surface area contributed by atoms with Crippen molar-refractivity contribution in [2.75, 3.05) is 49.5 Å². The molecule has 1 aliphatic carbocycles. The Balaban J connectivity index is 0.901. The van der Waals surface area contributed by atoms with Crippen LogP contribution in [0.5, 0.6) is 0 Å². The second-order valence-electron chi connectivity index (χ2n) is 15.5. The minimum absolute atomic E-state index is 0.0844. The van der Waals surface area contributed by atoms with Gasteiger partial charge in [0.05, 0.1) is 11.1 Å². The van der Waals surface area contributed by atoms with Crippen molar-refractivity contribution >= 4 is 40.9 Å². The van der Waals surface area contributed by atoms with E-state index in [9.17, 15) is 24.0 Å². The summed E-state index contributed by atoms with van der Waals surface area (Å²) in [4.78, 5) is 71.4. The van der Waals surface area contributed by atoms with Gasteiger partial charge < -0.3 is 15.1 Å². The van der Waals surface area contributed by atoms with E-state index in [1.54, 1.807) is 12.1 Å². The lowest BCUT2D eigenvalue weighted by Crippen LogP contribution is -2.59. The second kappa shape index (κ2) is 12.0. The van der Waals surface area contributed by atoms with Crippen LogP contribution in [-0.4, -0.2) is 102 Å². The molecule has 0 radical (unpaired) electrons. The standard InChI is InChI=1S/C37H46N6O5/c1-36(2)22-37(3,4)35(36)38-24-7-5-23(6-8-24)32(46)42-19-17-41(18-20-42)25-13-15-40(16-14-25)26-9-10-27-28(21-26)34(48)43(33(27)47)29-11-12-30(44)39-31(29)45/h5-10,21,25,29,35,38H,11-20,22H2,1-4H3,(H,39,44,45). The van der Waals surface area contributed by atoms with Gasteiger partial charge in [-0.15, -0.1) is 0 Å². The van der Waals surface area contributed by atoms with Gasteiger partial charge in [-0.2, -0.15) is 0 Å². The van der Waals surface area contributed by atoms with Gasteiger partial charge in [0.1, 0.15) is 6.04 Å². The molecule has 1 atom stereocenters. The van der Waals surface area contributed by atoms with Crippen LogP contribution in [-0.2, 0) is 9.59 Å². The molecule has 0 aromatic heterocycles. The van der Waals surface area contributed by atoms with Crippen molar-refractivity contribution in [2.45, 2.75) is 77.9 Å². The molecule has 5 aliphatic rings. The molecule has 4 heterocycles. The zero-order valence-corrected chi connectivity index (χ0v) is 28.4. The van der Waals surface area contributed by atoms with Gasteiger partial charge in [0, 0.05) is 74.7 Å². The fourth-order valence-corrected chi connectivity index (χ4v) is 9.19. The predicted octanol–water partition coefficient (Wildman–Crippen LogP) is 3.75. The third-order valence-electron chi connectivity index (χ3n) is 11.3. The number of fused-ring (bicyclic) bond motifs is 1. The van der Waals surface area contributed by atoms with E-state index in [0.717, 1.165) is 60.9 Å². The molecule has 11 nitrogen and oxygen atoms in total. The molecule has 1 saturated carbocycles. The summed E-state index contributed by atoms with van der Waals surface area (Å²) in [7, 11) is 0.